The van der Waals surface area contributed by atoms with Gasteiger partial charge in [0, 0.05) is 44.6 Å². The molecule has 0 radical (unpaired) electrons. The van der Waals surface area contributed by atoms with Crippen LogP contribution in [0.5, 0.6) is 0 Å². The molecule has 3 rings (SSSR count). The summed E-state index contributed by atoms with van der Waals surface area (Å²) in [5.74, 6) is -0.0929. The molecule has 0 bridgehead atoms. The molecule has 1 amide bonds. The van der Waals surface area contributed by atoms with Crippen molar-refractivity contribution in [2.24, 2.45) is 11.1 Å². The van der Waals surface area contributed by atoms with E-state index >= 15 is 0 Å². The van der Waals surface area contributed by atoms with Crippen LogP contribution in [-0.4, -0.2) is 55.4 Å². The maximum atomic E-state index is 12.9. The van der Waals surface area contributed by atoms with Crippen molar-refractivity contribution < 1.29 is 14.3 Å². The van der Waals surface area contributed by atoms with Gasteiger partial charge >= 0.3 is 0 Å². The zero-order valence-electron chi connectivity index (χ0n) is 16.8. The Balaban J connectivity index is 1.61. The summed E-state index contributed by atoms with van der Waals surface area (Å²) in [4.78, 5) is 15.3. The number of nitrogens with zero attached hydrogens (tertiary/aromatic N) is 1. The lowest BCUT2D eigenvalue weighted by molar-refractivity contribution is -0.170. The maximum absolute atomic E-state index is 12.9. The number of carbonyl (C=O) groups is 1. The third kappa shape index (κ3) is 4.04. The molecule has 6 nitrogen and oxygen atoms in total. The van der Waals surface area contributed by atoms with Gasteiger partial charge in [-0.2, -0.15) is 0 Å². The number of ether oxygens (including phenoxy) is 2. The van der Waals surface area contributed by atoms with Crippen LogP contribution in [0.1, 0.15) is 38.3 Å². The minimum atomic E-state index is -0.883. The zero-order valence-corrected chi connectivity index (χ0v) is 16.8. The van der Waals surface area contributed by atoms with Gasteiger partial charge in [0.15, 0.2) is 0 Å². The van der Waals surface area contributed by atoms with Crippen molar-refractivity contribution in [1.82, 2.24) is 10.2 Å². The monoisotopic (exact) mass is 375 g/mol. The molecule has 27 heavy (non-hydrogen) atoms. The van der Waals surface area contributed by atoms with Gasteiger partial charge < -0.3 is 20.5 Å². The summed E-state index contributed by atoms with van der Waals surface area (Å²) in [7, 11) is 0. The maximum Gasteiger partial charge on any atom is 0.241 e. The Bertz CT molecular complexity index is 658. The Kier molecular flexibility index (Phi) is 6.21. The van der Waals surface area contributed by atoms with Crippen LogP contribution in [0.25, 0.3) is 0 Å². The predicted octanol–water partition coefficient (Wildman–Crippen LogP) is 1.67. The van der Waals surface area contributed by atoms with Crippen molar-refractivity contribution >= 4 is 5.91 Å². The van der Waals surface area contributed by atoms with E-state index in [4.69, 9.17) is 15.2 Å². The van der Waals surface area contributed by atoms with Crippen LogP contribution in [0.3, 0.4) is 0 Å². The predicted molar refractivity (Wildman–Crippen MR) is 105 cm³/mol. The van der Waals surface area contributed by atoms with E-state index in [1.807, 2.05) is 32.9 Å². The summed E-state index contributed by atoms with van der Waals surface area (Å²) in [5, 5.41) is 3.07. The Morgan fingerprint density at radius 3 is 2.59 bits per heavy atom. The Morgan fingerprint density at radius 1 is 1.30 bits per heavy atom. The van der Waals surface area contributed by atoms with Crippen LogP contribution in [0.2, 0.25) is 0 Å². The average molecular weight is 376 g/mol. The van der Waals surface area contributed by atoms with Crippen LogP contribution in [0.4, 0.5) is 0 Å². The normalized spacial score (nSPS) is 27.8. The van der Waals surface area contributed by atoms with Crippen LogP contribution >= 0.6 is 0 Å². The summed E-state index contributed by atoms with van der Waals surface area (Å²) in [6.45, 7) is 11.5. The lowest BCUT2D eigenvalue weighted by Crippen LogP contribution is -2.75. The molecule has 1 aromatic carbocycles. The first-order valence-electron chi connectivity index (χ1n) is 9.94. The molecule has 6 heteroatoms. The van der Waals surface area contributed by atoms with E-state index in [2.05, 4.69) is 22.3 Å². The smallest absolute Gasteiger partial charge is 0.241 e. The molecule has 0 spiro atoms. The van der Waals surface area contributed by atoms with E-state index in [0.29, 0.717) is 19.6 Å². The topological polar surface area (TPSA) is 76.8 Å². The summed E-state index contributed by atoms with van der Waals surface area (Å²) in [6, 6.07) is 8.27. The molecule has 1 aliphatic carbocycles. The van der Waals surface area contributed by atoms with Crippen LogP contribution in [-0.2, 0) is 27.4 Å². The molecule has 1 heterocycles. The van der Waals surface area contributed by atoms with Crippen LogP contribution in [0.15, 0.2) is 24.3 Å². The lowest BCUT2D eigenvalue weighted by Gasteiger charge is -2.57. The molecular formula is C21H33N3O3. The first kappa shape index (κ1) is 20.3. The van der Waals surface area contributed by atoms with E-state index in [0.717, 1.165) is 38.4 Å². The van der Waals surface area contributed by atoms with Crippen molar-refractivity contribution in [3.05, 3.63) is 35.4 Å². The molecule has 2 aliphatic rings. The number of hydrogen-bond acceptors (Lipinski definition) is 5. The minimum absolute atomic E-state index is 0.0341. The summed E-state index contributed by atoms with van der Waals surface area (Å²) in [6.07, 6.45) is 0.599. The van der Waals surface area contributed by atoms with E-state index in [1.54, 1.807) is 0 Å². The second kappa shape index (κ2) is 8.27. The summed E-state index contributed by atoms with van der Waals surface area (Å²) < 4.78 is 11.2. The van der Waals surface area contributed by atoms with E-state index in [-0.39, 0.29) is 17.4 Å². The fourth-order valence-corrected chi connectivity index (χ4v) is 4.04. The van der Waals surface area contributed by atoms with Gasteiger partial charge in [-0.25, -0.2) is 0 Å². The van der Waals surface area contributed by atoms with Gasteiger partial charge in [-0.15, -0.1) is 0 Å². The van der Waals surface area contributed by atoms with Crippen LogP contribution in [0, 0.1) is 5.41 Å². The first-order valence-corrected chi connectivity index (χ1v) is 9.94. The Labute approximate surface area is 162 Å². The number of nitrogens with one attached hydrogen (secondary N) is 1. The number of rotatable bonds is 7. The highest BCUT2D eigenvalue weighted by Crippen LogP contribution is 2.49. The second-order valence-electron chi connectivity index (χ2n) is 8.18. The average Bonchev–Trinajstić information content (AvgIpc) is 2.67. The van der Waals surface area contributed by atoms with Gasteiger partial charge in [0.05, 0.1) is 19.3 Å². The molecule has 1 saturated carbocycles. The van der Waals surface area contributed by atoms with Gasteiger partial charge in [0.25, 0.3) is 0 Å². The number of benzene rings is 1. The second-order valence-corrected chi connectivity index (χ2v) is 8.18. The van der Waals surface area contributed by atoms with Gasteiger partial charge in [0.1, 0.15) is 5.54 Å². The third-order valence-corrected chi connectivity index (χ3v) is 6.29. The highest BCUT2D eigenvalue weighted by Gasteiger charge is 2.62. The molecule has 1 aromatic rings. The summed E-state index contributed by atoms with van der Waals surface area (Å²) in [5.41, 5.74) is 7.60. The van der Waals surface area contributed by atoms with Crippen molar-refractivity contribution in [2.45, 2.75) is 51.9 Å². The number of carbonyl (C=O) groups excluding carboxylic acids is 1. The third-order valence-electron chi connectivity index (χ3n) is 6.29. The molecule has 2 atom stereocenters. The molecule has 2 unspecified atom stereocenters. The summed E-state index contributed by atoms with van der Waals surface area (Å²) >= 11 is 0. The molecular weight excluding hydrogens is 342 g/mol. The van der Waals surface area contributed by atoms with Crippen molar-refractivity contribution in [3.63, 3.8) is 0 Å². The van der Waals surface area contributed by atoms with Crippen LogP contribution < -0.4 is 11.1 Å². The number of hydrogen-bond donors (Lipinski definition) is 2. The molecule has 1 aliphatic heterocycles. The van der Waals surface area contributed by atoms with Crippen molar-refractivity contribution in [1.29, 1.82) is 0 Å². The van der Waals surface area contributed by atoms with Crippen molar-refractivity contribution in [2.75, 3.05) is 32.9 Å². The molecule has 1 saturated heterocycles. The largest absolute Gasteiger partial charge is 0.379 e. The van der Waals surface area contributed by atoms with Gasteiger partial charge in [-0.1, -0.05) is 38.1 Å². The standard InChI is InChI=1S/C21H33N3O3/c1-4-27-18-13-21(22,20(18,2)3)19(25)23-14-16-7-5-6-8-17(16)15-24-9-11-26-12-10-24/h5-8,18H,4,9-15,22H2,1-3H3,(H,23,25). The number of amides is 1. The van der Waals surface area contributed by atoms with Gasteiger partial charge in [0.2, 0.25) is 5.91 Å². The van der Waals surface area contributed by atoms with E-state index in [9.17, 15) is 4.79 Å². The van der Waals surface area contributed by atoms with Gasteiger partial charge in [-0.3, -0.25) is 9.69 Å². The molecule has 0 aromatic heterocycles. The van der Waals surface area contributed by atoms with E-state index < -0.39 is 5.54 Å². The first-order chi connectivity index (χ1) is 12.9. The molecule has 3 N–H and O–H groups in total. The SMILES string of the molecule is CCOC1CC(N)(C(=O)NCc2ccccc2CN2CCOCC2)C1(C)C. The fraction of sp³-hybridized carbons (Fsp3) is 0.667. The highest BCUT2D eigenvalue weighted by atomic mass is 16.5. The van der Waals surface area contributed by atoms with Crippen molar-refractivity contribution in [3.8, 4) is 0 Å². The minimum Gasteiger partial charge on any atom is -0.379 e. The molecule has 150 valence electrons. The van der Waals surface area contributed by atoms with E-state index in [1.165, 1.54) is 5.56 Å². The number of morpholine rings is 1. The fourth-order valence-electron chi connectivity index (χ4n) is 4.04. The lowest BCUT2D eigenvalue weighted by atomic mass is 9.54. The number of nitrogens with two attached hydrogens (primary N) is 1. The highest BCUT2D eigenvalue weighted by molar-refractivity contribution is 5.88. The zero-order chi connectivity index (χ0) is 19.5. The quantitative estimate of drug-likeness (QED) is 0.758. The van der Waals surface area contributed by atoms with Gasteiger partial charge in [-0.05, 0) is 18.1 Å². The Hall–Kier alpha value is -1.47. The molecule has 2 fully saturated rings. The Morgan fingerprint density at radius 2 is 1.96 bits per heavy atom.